The van der Waals surface area contributed by atoms with Gasteiger partial charge in [0.05, 0.1) is 11.1 Å². The zero-order valence-electron chi connectivity index (χ0n) is 7.95. The number of benzene rings is 1. The summed E-state index contributed by atoms with van der Waals surface area (Å²) in [7, 11) is 0. The Morgan fingerprint density at radius 1 is 1.21 bits per heavy atom. The van der Waals surface area contributed by atoms with Crippen molar-refractivity contribution < 1.29 is 0 Å². The third-order valence-corrected chi connectivity index (χ3v) is 2.90. The van der Waals surface area contributed by atoms with Crippen LogP contribution in [0.5, 0.6) is 0 Å². The van der Waals surface area contributed by atoms with Crippen molar-refractivity contribution in [1.29, 1.82) is 10.5 Å². The molecule has 0 saturated heterocycles. The topological polar surface area (TPSA) is 47.6 Å². The van der Waals surface area contributed by atoms with Crippen LogP contribution in [-0.2, 0) is 0 Å². The van der Waals surface area contributed by atoms with Gasteiger partial charge in [-0.25, -0.2) is 0 Å². The minimum absolute atomic E-state index is 0.452. The van der Waals surface area contributed by atoms with Gasteiger partial charge in [-0.2, -0.15) is 10.5 Å². The Kier molecular flexibility index (Phi) is 4.04. The first-order valence-electron chi connectivity index (χ1n) is 4.39. The number of nitrogens with zero attached hydrogens (tertiary/aromatic N) is 2. The number of hydrogen-bond acceptors (Lipinski definition) is 3. The monoisotopic (exact) mass is 202 g/mol. The van der Waals surface area contributed by atoms with E-state index in [1.54, 1.807) is 23.9 Å². The number of rotatable bonds is 3. The van der Waals surface area contributed by atoms with Crippen molar-refractivity contribution in [3.8, 4) is 12.1 Å². The Bertz CT molecular complexity index is 399. The van der Waals surface area contributed by atoms with Gasteiger partial charge < -0.3 is 0 Å². The lowest BCUT2D eigenvalue weighted by atomic mass is 10.1. The Morgan fingerprint density at radius 2 is 1.93 bits per heavy atom. The first kappa shape index (κ1) is 10.6. The molecule has 0 amide bonds. The average Bonchev–Trinajstić information content (AvgIpc) is 2.25. The highest BCUT2D eigenvalue weighted by molar-refractivity contribution is 7.99. The van der Waals surface area contributed by atoms with Crippen molar-refractivity contribution in [2.75, 3.05) is 5.75 Å². The Balaban J connectivity index is 2.93. The molecule has 0 heterocycles. The Morgan fingerprint density at radius 3 is 2.50 bits per heavy atom. The van der Waals surface area contributed by atoms with Crippen LogP contribution in [0.3, 0.4) is 0 Å². The van der Waals surface area contributed by atoms with Crippen LogP contribution >= 0.6 is 11.8 Å². The highest BCUT2D eigenvalue weighted by atomic mass is 32.2. The van der Waals surface area contributed by atoms with Gasteiger partial charge in [-0.05, 0) is 30.4 Å². The molecule has 0 fully saturated rings. The zero-order valence-corrected chi connectivity index (χ0v) is 8.77. The normalized spacial score (nSPS) is 9.07. The Labute approximate surface area is 88.2 Å². The predicted octanol–water partition coefficient (Wildman–Crippen LogP) is 2.93. The van der Waals surface area contributed by atoms with Gasteiger partial charge in [-0.3, -0.25) is 0 Å². The van der Waals surface area contributed by atoms with Crippen molar-refractivity contribution in [2.24, 2.45) is 0 Å². The molecule has 0 N–H and O–H groups in total. The van der Waals surface area contributed by atoms with Gasteiger partial charge in [0.1, 0.15) is 12.1 Å². The van der Waals surface area contributed by atoms with E-state index in [2.05, 4.69) is 6.92 Å². The van der Waals surface area contributed by atoms with Crippen LogP contribution in [0.25, 0.3) is 0 Å². The third kappa shape index (κ3) is 2.52. The second-order valence-corrected chi connectivity index (χ2v) is 3.95. The maximum absolute atomic E-state index is 8.79. The second-order valence-electron chi connectivity index (χ2n) is 2.78. The van der Waals surface area contributed by atoms with E-state index in [0.29, 0.717) is 11.1 Å². The molecule has 0 bridgehead atoms. The van der Waals surface area contributed by atoms with E-state index >= 15 is 0 Å². The highest BCUT2D eigenvalue weighted by Crippen LogP contribution is 2.21. The molecule has 0 aliphatic rings. The van der Waals surface area contributed by atoms with Crippen LogP contribution < -0.4 is 0 Å². The number of nitriles is 2. The molecule has 0 aliphatic heterocycles. The summed E-state index contributed by atoms with van der Waals surface area (Å²) in [6, 6.07) is 9.40. The molecule has 3 heteroatoms. The van der Waals surface area contributed by atoms with Gasteiger partial charge >= 0.3 is 0 Å². The molecule has 0 spiro atoms. The smallest absolute Gasteiger partial charge is 0.101 e. The van der Waals surface area contributed by atoms with Gasteiger partial charge in [0.25, 0.3) is 0 Å². The summed E-state index contributed by atoms with van der Waals surface area (Å²) < 4.78 is 0. The quantitative estimate of drug-likeness (QED) is 0.708. The van der Waals surface area contributed by atoms with Crippen molar-refractivity contribution in [3.63, 3.8) is 0 Å². The molecule has 1 rings (SSSR count). The maximum Gasteiger partial charge on any atom is 0.101 e. The molecule has 0 aromatic heterocycles. The fourth-order valence-corrected chi connectivity index (χ4v) is 1.83. The van der Waals surface area contributed by atoms with E-state index in [-0.39, 0.29) is 0 Å². The fraction of sp³-hybridized carbons (Fsp3) is 0.273. The Hall–Kier alpha value is -1.45. The third-order valence-electron chi connectivity index (χ3n) is 1.70. The molecule has 0 unspecified atom stereocenters. The van der Waals surface area contributed by atoms with Crippen molar-refractivity contribution in [1.82, 2.24) is 0 Å². The summed E-state index contributed by atoms with van der Waals surface area (Å²) in [5, 5.41) is 17.5. The van der Waals surface area contributed by atoms with Crippen LogP contribution in [0.15, 0.2) is 23.1 Å². The first-order chi connectivity index (χ1) is 6.81. The van der Waals surface area contributed by atoms with E-state index in [4.69, 9.17) is 10.5 Å². The van der Waals surface area contributed by atoms with E-state index in [1.807, 2.05) is 18.2 Å². The molecule has 14 heavy (non-hydrogen) atoms. The minimum Gasteiger partial charge on any atom is -0.192 e. The van der Waals surface area contributed by atoms with Crippen LogP contribution in [-0.4, -0.2) is 5.75 Å². The lowest BCUT2D eigenvalue weighted by Gasteiger charge is -2.00. The number of hydrogen-bond donors (Lipinski definition) is 0. The summed E-state index contributed by atoms with van der Waals surface area (Å²) in [4.78, 5) is 1.06. The van der Waals surface area contributed by atoms with Gasteiger partial charge in [-0.15, -0.1) is 11.8 Å². The summed E-state index contributed by atoms with van der Waals surface area (Å²) in [6.45, 7) is 2.11. The van der Waals surface area contributed by atoms with E-state index < -0.39 is 0 Å². The lowest BCUT2D eigenvalue weighted by Crippen LogP contribution is -1.84. The van der Waals surface area contributed by atoms with Gasteiger partial charge in [0.15, 0.2) is 0 Å². The van der Waals surface area contributed by atoms with Crippen molar-refractivity contribution >= 4 is 11.8 Å². The maximum atomic E-state index is 8.79. The molecule has 1 aromatic rings. The zero-order chi connectivity index (χ0) is 10.4. The molecular weight excluding hydrogens is 192 g/mol. The van der Waals surface area contributed by atoms with Crippen molar-refractivity contribution in [3.05, 3.63) is 29.3 Å². The molecule has 2 nitrogen and oxygen atoms in total. The standard InChI is InChI=1S/C11H10N2S/c1-2-5-14-11-4-3-9(7-12)10(6-11)8-13/h3-4,6H,2,5H2,1H3. The van der Waals surface area contributed by atoms with E-state index in [1.165, 1.54) is 0 Å². The molecule has 0 aliphatic carbocycles. The fourth-order valence-electron chi connectivity index (χ4n) is 1.02. The van der Waals surface area contributed by atoms with Crippen LogP contribution in [0.4, 0.5) is 0 Å². The SMILES string of the molecule is CCCSc1ccc(C#N)c(C#N)c1. The van der Waals surface area contributed by atoms with E-state index in [0.717, 1.165) is 17.1 Å². The molecule has 0 radical (unpaired) electrons. The summed E-state index contributed by atoms with van der Waals surface area (Å²) in [5.74, 6) is 1.04. The molecular formula is C11H10N2S. The summed E-state index contributed by atoms with van der Waals surface area (Å²) in [6.07, 6.45) is 1.10. The molecule has 1 aromatic carbocycles. The minimum atomic E-state index is 0.452. The van der Waals surface area contributed by atoms with E-state index in [9.17, 15) is 0 Å². The summed E-state index contributed by atoms with van der Waals surface area (Å²) in [5.41, 5.74) is 0.918. The molecule has 70 valence electrons. The lowest BCUT2D eigenvalue weighted by molar-refractivity contribution is 1.10. The van der Waals surface area contributed by atoms with Crippen LogP contribution in [0.1, 0.15) is 24.5 Å². The van der Waals surface area contributed by atoms with Crippen LogP contribution in [0, 0.1) is 22.7 Å². The highest BCUT2D eigenvalue weighted by Gasteiger charge is 2.02. The average molecular weight is 202 g/mol. The van der Waals surface area contributed by atoms with Gasteiger partial charge in [-0.1, -0.05) is 6.92 Å². The van der Waals surface area contributed by atoms with Gasteiger partial charge in [0, 0.05) is 4.90 Å². The largest absolute Gasteiger partial charge is 0.192 e. The first-order valence-corrected chi connectivity index (χ1v) is 5.37. The molecule has 0 atom stereocenters. The second kappa shape index (κ2) is 5.32. The molecule has 0 saturated carbocycles. The van der Waals surface area contributed by atoms with Crippen LogP contribution in [0.2, 0.25) is 0 Å². The summed E-state index contributed by atoms with van der Waals surface area (Å²) >= 11 is 1.71. The number of thioether (sulfide) groups is 1. The van der Waals surface area contributed by atoms with Gasteiger partial charge in [0.2, 0.25) is 0 Å². The predicted molar refractivity (Wildman–Crippen MR) is 56.9 cm³/mol. The van der Waals surface area contributed by atoms with Crippen molar-refractivity contribution in [2.45, 2.75) is 18.2 Å².